The minimum Gasteiger partial charge on any atom is -0.489 e. The molecule has 1 aromatic carbocycles. The van der Waals surface area contributed by atoms with Crippen LogP contribution in [0.15, 0.2) is 18.2 Å². The van der Waals surface area contributed by atoms with Gasteiger partial charge in [0.2, 0.25) is 0 Å². The molecule has 1 aromatic rings. The number of halogens is 1. The molecule has 15 heavy (non-hydrogen) atoms. The zero-order valence-corrected chi connectivity index (χ0v) is 7.87. The fraction of sp³-hybridized carbons (Fsp3) is 0.300. The first-order valence-corrected chi connectivity index (χ1v) is 4.56. The van der Waals surface area contributed by atoms with Gasteiger partial charge in [0.05, 0.1) is 18.2 Å². The van der Waals surface area contributed by atoms with Crippen LogP contribution in [0.4, 0.5) is 10.1 Å². The fourth-order valence-corrected chi connectivity index (χ4v) is 1.51. The summed E-state index contributed by atoms with van der Waals surface area (Å²) in [6, 6.07) is 3.86. The molecule has 0 amide bonds. The minimum atomic E-state index is -0.887. The molecule has 0 saturated carbocycles. The molecule has 5 heteroatoms. The Morgan fingerprint density at radius 3 is 3.20 bits per heavy atom. The molecule has 2 rings (SSSR count). The van der Waals surface area contributed by atoms with Gasteiger partial charge in [-0.15, -0.1) is 0 Å². The van der Waals surface area contributed by atoms with Crippen LogP contribution in [0.1, 0.15) is 6.42 Å². The number of ether oxygens (including phenoxy) is 1. The summed E-state index contributed by atoms with van der Waals surface area (Å²) in [6.07, 6.45) is -0.0170. The Hall–Kier alpha value is -1.78. The molecule has 80 valence electrons. The van der Waals surface area contributed by atoms with Crippen molar-refractivity contribution in [2.75, 3.05) is 11.9 Å². The van der Waals surface area contributed by atoms with E-state index in [0.717, 1.165) is 0 Å². The van der Waals surface area contributed by atoms with E-state index in [9.17, 15) is 9.18 Å². The molecule has 0 spiro atoms. The SMILES string of the molecule is O=C(O)C[C@H]1COc2cc(F)ccc2N1. The smallest absolute Gasteiger partial charge is 0.305 e. The van der Waals surface area contributed by atoms with Crippen molar-refractivity contribution in [2.45, 2.75) is 12.5 Å². The molecule has 2 N–H and O–H groups in total. The van der Waals surface area contributed by atoms with Crippen LogP contribution in [0, 0.1) is 5.82 Å². The summed E-state index contributed by atoms with van der Waals surface area (Å²) >= 11 is 0. The predicted molar refractivity (Wildman–Crippen MR) is 51.6 cm³/mol. The number of carbonyl (C=O) groups is 1. The number of nitrogens with one attached hydrogen (secondary N) is 1. The molecule has 1 aliphatic rings. The van der Waals surface area contributed by atoms with Gasteiger partial charge in [0.1, 0.15) is 18.2 Å². The van der Waals surface area contributed by atoms with E-state index in [1.165, 1.54) is 12.1 Å². The Morgan fingerprint density at radius 1 is 1.67 bits per heavy atom. The summed E-state index contributed by atoms with van der Waals surface area (Å²) < 4.78 is 18.1. The quantitative estimate of drug-likeness (QED) is 0.777. The molecular formula is C10H10FNO3. The Morgan fingerprint density at radius 2 is 2.47 bits per heavy atom. The molecule has 1 heterocycles. The molecular weight excluding hydrogens is 201 g/mol. The van der Waals surface area contributed by atoms with Gasteiger partial charge in [-0.05, 0) is 12.1 Å². The van der Waals surface area contributed by atoms with Crippen LogP contribution in [0.2, 0.25) is 0 Å². The Labute approximate surface area is 85.7 Å². The molecule has 0 aromatic heterocycles. The molecule has 0 radical (unpaired) electrons. The van der Waals surface area contributed by atoms with Gasteiger partial charge in [-0.25, -0.2) is 4.39 Å². The standard InChI is InChI=1S/C10H10FNO3/c11-6-1-2-8-9(3-6)15-5-7(12-8)4-10(13)14/h1-3,7,12H,4-5H2,(H,13,14)/t7-/m0/s1. The number of aliphatic carboxylic acids is 1. The summed E-state index contributed by atoms with van der Waals surface area (Å²) in [6.45, 7) is 0.239. The average molecular weight is 211 g/mol. The molecule has 0 fully saturated rings. The zero-order valence-electron chi connectivity index (χ0n) is 7.87. The molecule has 0 bridgehead atoms. The van der Waals surface area contributed by atoms with Crippen molar-refractivity contribution < 1.29 is 19.0 Å². The van der Waals surface area contributed by atoms with E-state index in [1.807, 2.05) is 0 Å². The van der Waals surface area contributed by atoms with Crippen molar-refractivity contribution >= 4 is 11.7 Å². The molecule has 0 unspecified atom stereocenters. The van der Waals surface area contributed by atoms with Crippen molar-refractivity contribution in [2.24, 2.45) is 0 Å². The largest absolute Gasteiger partial charge is 0.489 e. The van der Waals surface area contributed by atoms with Crippen LogP contribution >= 0.6 is 0 Å². The van der Waals surface area contributed by atoms with Crippen LogP contribution in [0.3, 0.4) is 0 Å². The van der Waals surface area contributed by atoms with E-state index in [1.54, 1.807) is 6.07 Å². The Balaban J connectivity index is 2.13. The van der Waals surface area contributed by atoms with E-state index >= 15 is 0 Å². The van der Waals surface area contributed by atoms with Gasteiger partial charge < -0.3 is 15.2 Å². The van der Waals surface area contributed by atoms with Crippen molar-refractivity contribution in [1.29, 1.82) is 0 Å². The van der Waals surface area contributed by atoms with E-state index < -0.39 is 5.97 Å². The number of carboxylic acids is 1. The van der Waals surface area contributed by atoms with E-state index in [4.69, 9.17) is 9.84 Å². The summed E-state index contributed by atoms with van der Waals surface area (Å²) in [5.74, 6) is -0.828. The summed E-state index contributed by atoms with van der Waals surface area (Å²) in [5.41, 5.74) is 0.633. The van der Waals surface area contributed by atoms with Gasteiger partial charge in [-0.2, -0.15) is 0 Å². The van der Waals surface area contributed by atoms with E-state index in [2.05, 4.69) is 5.32 Å². The molecule has 1 atom stereocenters. The molecule has 0 aliphatic carbocycles. The highest BCUT2D eigenvalue weighted by molar-refractivity contribution is 5.69. The monoisotopic (exact) mass is 211 g/mol. The summed E-state index contributed by atoms with van der Waals surface area (Å²) in [7, 11) is 0. The van der Waals surface area contributed by atoms with Crippen molar-refractivity contribution in [1.82, 2.24) is 0 Å². The summed E-state index contributed by atoms with van der Waals surface area (Å²) in [4.78, 5) is 10.5. The van der Waals surface area contributed by atoms with Crippen molar-refractivity contribution in [3.05, 3.63) is 24.0 Å². The van der Waals surface area contributed by atoms with Crippen LogP contribution in [-0.2, 0) is 4.79 Å². The second-order valence-electron chi connectivity index (χ2n) is 3.39. The van der Waals surface area contributed by atoms with Crippen LogP contribution < -0.4 is 10.1 Å². The predicted octanol–water partition coefficient (Wildman–Crippen LogP) is 1.47. The second-order valence-corrected chi connectivity index (χ2v) is 3.39. The fourth-order valence-electron chi connectivity index (χ4n) is 1.51. The lowest BCUT2D eigenvalue weighted by molar-refractivity contribution is -0.137. The minimum absolute atomic E-state index is 0.0170. The van der Waals surface area contributed by atoms with Gasteiger partial charge in [-0.1, -0.05) is 0 Å². The average Bonchev–Trinajstić information content (AvgIpc) is 2.17. The van der Waals surface area contributed by atoms with E-state index in [-0.39, 0.29) is 24.9 Å². The molecule has 4 nitrogen and oxygen atoms in total. The normalized spacial score (nSPS) is 18.6. The van der Waals surface area contributed by atoms with Crippen molar-refractivity contribution in [3.8, 4) is 5.75 Å². The number of benzene rings is 1. The molecule has 1 aliphatic heterocycles. The Kier molecular flexibility index (Phi) is 2.45. The molecule has 0 saturated heterocycles. The first-order valence-electron chi connectivity index (χ1n) is 4.56. The van der Waals surface area contributed by atoms with Gasteiger partial charge in [-0.3, -0.25) is 4.79 Å². The van der Waals surface area contributed by atoms with Gasteiger partial charge >= 0.3 is 5.97 Å². The van der Waals surface area contributed by atoms with Crippen LogP contribution in [-0.4, -0.2) is 23.7 Å². The number of anilines is 1. The highest BCUT2D eigenvalue weighted by atomic mass is 19.1. The second kappa shape index (κ2) is 3.76. The zero-order chi connectivity index (χ0) is 10.8. The lowest BCUT2D eigenvalue weighted by Crippen LogP contribution is -2.33. The number of carboxylic acid groups (broad SMARTS) is 1. The maximum Gasteiger partial charge on any atom is 0.305 e. The number of fused-ring (bicyclic) bond motifs is 1. The number of rotatable bonds is 2. The van der Waals surface area contributed by atoms with Gasteiger partial charge in [0.15, 0.2) is 0 Å². The topological polar surface area (TPSA) is 58.6 Å². The van der Waals surface area contributed by atoms with Crippen LogP contribution in [0.25, 0.3) is 0 Å². The van der Waals surface area contributed by atoms with E-state index in [0.29, 0.717) is 11.4 Å². The Bertz CT molecular complexity index is 394. The highest BCUT2D eigenvalue weighted by Crippen LogP contribution is 2.29. The number of hydrogen-bond acceptors (Lipinski definition) is 3. The lowest BCUT2D eigenvalue weighted by atomic mass is 10.1. The van der Waals surface area contributed by atoms with Crippen molar-refractivity contribution in [3.63, 3.8) is 0 Å². The maximum absolute atomic E-state index is 12.8. The third kappa shape index (κ3) is 2.18. The maximum atomic E-state index is 12.8. The van der Waals surface area contributed by atoms with Crippen LogP contribution in [0.5, 0.6) is 5.75 Å². The lowest BCUT2D eigenvalue weighted by Gasteiger charge is -2.26. The third-order valence-corrected chi connectivity index (χ3v) is 2.16. The summed E-state index contributed by atoms with van der Waals surface area (Å²) in [5, 5.41) is 11.6. The first kappa shape index (κ1) is 9.76. The third-order valence-electron chi connectivity index (χ3n) is 2.16. The first-order chi connectivity index (χ1) is 7.15. The van der Waals surface area contributed by atoms with Gasteiger partial charge in [0.25, 0.3) is 0 Å². The number of hydrogen-bond donors (Lipinski definition) is 2. The highest BCUT2D eigenvalue weighted by Gasteiger charge is 2.21. The van der Waals surface area contributed by atoms with Gasteiger partial charge in [0, 0.05) is 6.07 Å².